The lowest BCUT2D eigenvalue weighted by molar-refractivity contribution is -0.140. The molecule has 2 aromatic rings. The van der Waals surface area contributed by atoms with E-state index in [9.17, 15) is 9.59 Å². The molecule has 0 heterocycles. The molecule has 0 saturated heterocycles. The first-order chi connectivity index (χ1) is 14.4. The second kappa shape index (κ2) is 11.7. The topological polar surface area (TPSA) is 71.1 Å². The largest absolute Gasteiger partial charge is 0.493 e. The second-order valence-corrected chi connectivity index (χ2v) is 6.91. The number of hydrogen-bond donors (Lipinski definition) is 0. The van der Waals surface area contributed by atoms with Gasteiger partial charge in [0.15, 0.2) is 0 Å². The summed E-state index contributed by atoms with van der Waals surface area (Å²) in [6.45, 7) is 11.8. The van der Waals surface area contributed by atoms with Gasteiger partial charge in [0.2, 0.25) is 0 Å². The van der Waals surface area contributed by atoms with Crippen LogP contribution in [0.25, 0.3) is 10.8 Å². The molecule has 0 bridgehead atoms. The number of benzene rings is 2. The number of esters is 2. The van der Waals surface area contributed by atoms with Crippen molar-refractivity contribution in [1.82, 2.24) is 0 Å². The van der Waals surface area contributed by atoms with E-state index in [-0.39, 0.29) is 11.9 Å². The molecule has 0 radical (unpaired) electrons. The zero-order valence-corrected chi connectivity index (χ0v) is 17.6. The van der Waals surface area contributed by atoms with Crippen LogP contribution in [0.15, 0.2) is 60.7 Å². The van der Waals surface area contributed by atoms with Crippen LogP contribution in [0, 0.1) is 0 Å². The van der Waals surface area contributed by atoms with Gasteiger partial charge < -0.3 is 18.9 Å². The fourth-order valence-electron chi connectivity index (χ4n) is 2.46. The highest BCUT2D eigenvalue weighted by molar-refractivity contribution is 5.87. The molecule has 0 unspecified atom stereocenters. The first-order valence-corrected chi connectivity index (χ1v) is 9.81. The number of ether oxygens (including phenoxy) is 4. The van der Waals surface area contributed by atoms with Crippen LogP contribution in [-0.4, -0.2) is 38.4 Å². The first-order valence-electron chi connectivity index (χ1n) is 9.81. The van der Waals surface area contributed by atoms with Crippen molar-refractivity contribution in [2.45, 2.75) is 26.7 Å². The van der Waals surface area contributed by atoms with Crippen molar-refractivity contribution in [3.05, 3.63) is 60.7 Å². The Hall–Kier alpha value is -3.28. The lowest BCUT2D eigenvalue weighted by Gasteiger charge is -2.10. The average Bonchev–Trinajstić information content (AvgIpc) is 2.72. The molecular formula is C24H28O6. The fraction of sp³-hybridized carbons (Fsp3) is 0.333. The monoisotopic (exact) mass is 412 g/mol. The summed E-state index contributed by atoms with van der Waals surface area (Å²) >= 11 is 0. The van der Waals surface area contributed by atoms with E-state index < -0.39 is 0 Å². The van der Waals surface area contributed by atoms with Crippen molar-refractivity contribution in [2.24, 2.45) is 0 Å². The maximum Gasteiger partial charge on any atom is 0.333 e. The zero-order valence-electron chi connectivity index (χ0n) is 17.6. The summed E-state index contributed by atoms with van der Waals surface area (Å²) in [5, 5.41) is 2.06. The lowest BCUT2D eigenvalue weighted by Crippen LogP contribution is -2.09. The molecule has 0 atom stereocenters. The van der Waals surface area contributed by atoms with Crippen molar-refractivity contribution in [3.63, 3.8) is 0 Å². The Morgan fingerprint density at radius 2 is 1.13 bits per heavy atom. The molecule has 2 aromatic carbocycles. The average molecular weight is 412 g/mol. The third-order valence-corrected chi connectivity index (χ3v) is 4.06. The van der Waals surface area contributed by atoms with Crippen LogP contribution < -0.4 is 9.47 Å². The van der Waals surface area contributed by atoms with Crippen LogP contribution in [0.5, 0.6) is 11.5 Å². The summed E-state index contributed by atoms with van der Waals surface area (Å²) in [6.07, 6.45) is 1.19. The minimum Gasteiger partial charge on any atom is -0.493 e. The second-order valence-electron chi connectivity index (χ2n) is 6.91. The number of fused-ring (bicyclic) bond motifs is 1. The Morgan fingerprint density at radius 1 is 0.700 bits per heavy atom. The number of rotatable bonds is 12. The third kappa shape index (κ3) is 7.62. The SMILES string of the molecule is C=C(C)C(=O)OCCCOc1ccc2ccc(OCCCOC(=O)C(=C)C)cc2c1. The van der Waals surface area contributed by atoms with Gasteiger partial charge in [0.05, 0.1) is 26.4 Å². The van der Waals surface area contributed by atoms with Gasteiger partial charge in [-0.1, -0.05) is 25.3 Å². The summed E-state index contributed by atoms with van der Waals surface area (Å²) in [5.41, 5.74) is 0.771. The minimum atomic E-state index is -0.387. The van der Waals surface area contributed by atoms with Gasteiger partial charge in [-0.05, 0) is 48.9 Å². The minimum absolute atomic E-state index is 0.291. The maximum absolute atomic E-state index is 11.3. The van der Waals surface area contributed by atoms with Gasteiger partial charge in [0, 0.05) is 24.0 Å². The maximum atomic E-state index is 11.3. The molecule has 0 fully saturated rings. The van der Waals surface area contributed by atoms with Crippen molar-refractivity contribution >= 4 is 22.7 Å². The molecule has 160 valence electrons. The molecule has 0 N–H and O–H groups in total. The van der Waals surface area contributed by atoms with E-state index in [1.54, 1.807) is 13.8 Å². The quantitative estimate of drug-likeness (QED) is 0.288. The third-order valence-electron chi connectivity index (χ3n) is 4.06. The van der Waals surface area contributed by atoms with Gasteiger partial charge >= 0.3 is 11.9 Å². The number of carbonyl (C=O) groups excluding carboxylic acids is 2. The van der Waals surface area contributed by atoms with Gasteiger partial charge in [0.25, 0.3) is 0 Å². The molecule has 0 saturated carbocycles. The standard InChI is InChI=1S/C24H28O6/c1-17(2)23(25)29-13-5-11-27-21-9-7-19-8-10-22(16-20(19)15-21)28-12-6-14-30-24(26)18(3)4/h7-10,15-16H,1,3,5-6,11-14H2,2,4H3. The van der Waals surface area contributed by atoms with E-state index in [0.29, 0.717) is 50.4 Å². The Labute approximate surface area is 177 Å². The summed E-state index contributed by atoms with van der Waals surface area (Å²) in [4.78, 5) is 22.6. The molecule has 0 aliphatic rings. The molecule has 0 amide bonds. The smallest absolute Gasteiger partial charge is 0.333 e. The lowest BCUT2D eigenvalue weighted by atomic mass is 10.1. The van der Waals surface area contributed by atoms with Crippen molar-refractivity contribution in [2.75, 3.05) is 26.4 Å². The molecule has 0 spiro atoms. The summed E-state index contributed by atoms with van der Waals surface area (Å²) < 4.78 is 21.6. The van der Waals surface area contributed by atoms with Crippen molar-refractivity contribution < 1.29 is 28.5 Å². The van der Waals surface area contributed by atoms with Gasteiger partial charge in [0.1, 0.15) is 11.5 Å². The Kier molecular flexibility index (Phi) is 8.94. The van der Waals surface area contributed by atoms with Crippen LogP contribution in [0.3, 0.4) is 0 Å². The molecule has 0 aliphatic heterocycles. The zero-order chi connectivity index (χ0) is 21.9. The Balaban J connectivity index is 1.79. The first kappa shape index (κ1) is 23.0. The van der Waals surface area contributed by atoms with Gasteiger partial charge in [-0.15, -0.1) is 0 Å². The predicted octanol–water partition coefficient (Wildman–Crippen LogP) is 4.62. The van der Waals surface area contributed by atoms with Gasteiger partial charge in [-0.3, -0.25) is 0 Å². The normalized spacial score (nSPS) is 10.3. The summed E-state index contributed by atoms with van der Waals surface area (Å²) in [5.74, 6) is 0.694. The molecular weight excluding hydrogens is 384 g/mol. The summed E-state index contributed by atoms with van der Waals surface area (Å²) in [6, 6.07) is 11.6. The molecule has 6 heteroatoms. The molecule has 6 nitrogen and oxygen atoms in total. The van der Waals surface area contributed by atoms with Crippen molar-refractivity contribution in [3.8, 4) is 11.5 Å². The highest BCUT2D eigenvalue weighted by Gasteiger charge is 2.05. The molecule has 0 aliphatic carbocycles. The number of carbonyl (C=O) groups is 2. The highest BCUT2D eigenvalue weighted by atomic mass is 16.5. The van der Waals surface area contributed by atoms with E-state index in [2.05, 4.69) is 13.2 Å². The van der Waals surface area contributed by atoms with Crippen LogP contribution in [-0.2, 0) is 19.1 Å². The van der Waals surface area contributed by atoms with Crippen LogP contribution in [0.2, 0.25) is 0 Å². The van der Waals surface area contributed by atoms with E-state index in [1.165, 1.54) is 0 Å². The van der Waals surface area contributed by atoms with Crippen LogP contribution in [0.4, 0.5) is 0 Å². The van der Waals surface area contributed by atoms with E-state index in [1.807, 2.05) is 36.4 Å². The van der Waals surface area contributed by atoms with E-state index in [0.717, 1.165) is 22.3 Å². The van der Waals surface area contributed by atoms with Gasteiger partial charge in [-0.25, -0.2) is 9.59 Å². The summed E-state index contributed by atoms with van der Waals surface area (Å²) in [7, 11) is 0. The highest BCUT2D eigenvalue weighted by Crippen LogP contribution is 2.25. The van der Waals surface area contributed by atoms with Crippen molar-refractivity contribution in [1.29, 1.82) is 0 Å². The molecule has 30 heavy (non-hydrogen) atoms. The van der Waals surface area contributed by atoms with Crippen LogP contribution in [0.1, 0.15) is 26.7 Å². The number of hydrogen-bond acceptors (Lipinski definition) is 6. The van der Waals surface area contributed by atoms with Gasteiger partial charge in [-0.2, -0.15) is 0 Å². The Morgan fingerprint density at radius 3 is 1.53 bits per heavy atom. The van der Waals surface area contributed by atoms with E-state index >= 15 is 0 Å². The predicted molar refractivity (Wildman–Crippen MR) is 116 cm³/mol. The fourth-order valence-corrected chi connectivity index (χ4v) is 2.46. The Bertz CT molecular complexity index is 844. The molecule has 2 rings (SSSR count). The molecule has 0 aromatic heterocycles. The van der Waals surface area contributed by atoms with Crippen LogP contribution >= 0.6 is 0 Å². The van der Waals surface area contributed by atoms with E-state index in [4.69, 9.17) is 18.9 Å².